The number of pyridine rings is 1. The quantitative estimate of drug-likeness (QED) is 0.736. The van der Waals surface area contributed by atoms with Gasteiger partial charge < -0.3 is 10.3 Å². The fourth-order valence-corrected chi connectivity index (χ4v) is 3.95. The van der Waals surface area contributed by atoms with Crippen LogP contribution < -0.4 is 5.32 Å². The molecule has 0 spiro atoms. The molecule has 2 aromatic heterocycles. The lowest BCUT2D eigenvalue weighted by Gasteiger charge is -2.19. The number of rotatable bonds is 5. The highest BCUT2D eigenvalue weighted by atomic mass is 32.2. The molecule has 1 unspecified atom stereocenters. The molecule has 0 aliphatic rings. The van der Waals surface area contributed by atoms with Crippen LogP contribution in [0.2, 0.25) is 0 Å². The lowest BCUT2D eigenvalue weighted by Crippen LogP contribution is -2.34. The molecule has 25 heavy (non-hydrogen) atoms. The van der Waals surface area contributed by atoms with Crippen LogP contribution in [0.15, 0.2) is 72.1 Å². The van der Waals surface area contributed by atoms with Crippen LogP contribution in [0.5, 0.6) is 0 Å². The Bertz CT molecular complexity index is 951. The van der Waals surface area contributed by atoms with Gasteiger partial charge in [-0.1, -0.05) is 23.8 Å². The van der Waals surface area contributed by atoms with Crippen molar-refractivity contribution in [3.05, 3.63) is 83.9 Å². The highest BCUT2D eigenvalue weighted by molar-refractivity contribution is 7.91. The van der Waals surface area contributed by atoms with E-state index in [2.05, 4.69) is 15.3 Å². The summed E-state index contributed by atoms with van der Waals surface area (Å²) in [6, 6.07) is 11.4. The number of sulfone groups is 1. The van der Waals surface area contributed by atoms with Gasteiger partial charge in [0.1, 0.15) is 0 Å². The van der Waals surface area contributed by atoms with Gasteiger partial charge in [-0.05, 0) is 31.2 Å². The minimum Gasteiger partial charge on any atom is -0.367 e. The second-order valence-corrected chi connectivity index (χ2v) is 7.63. The third-order valence-corrected chi connectivity index (χ3v) is 5.71. The van der Waals surface area contributed by atoms with E-state index in [0.717, 1.165) is 5.56 Å². The van der Waals surface area contributed by atoms with Crippen molar-refractivity contribution in [3.8, 4) is 0 Å². The highest BCUT2D eigenvalue weighted by Crippen LogP contribution is 2.27. The monoisotopic (exact) mass is 355 g/mol. The molecule has 6 nitrogen and oxygen atoms in total. The van der Waals surface area contributed by atoms with E-state index in [-0.39, 0.29) is 4.90 Å². The summed E-state index contributed by atoms with van der Waals surface area (Å²) in [5, 5.41) is 1.37. The largest absolute Gasteiger partial charge is 0.367 e. The zero-order chi connectivity index (χ0) is 17.9. The molecule has 0 aliphatic heterocycles. The summed E-state index contributed by atoms with van der Waals surface area (Å²) >= 11 is 0. The fourth-order valence-electron chi connectivity index (χ4n) is 2.40. The Balaban J connectivity index is 2.01. The van der Waals surface area contributed by atoms with Gasteiger partial charge in [0.25, 0.3) is 5.91 Å². The van der Waals surface area contributed by atoms with Crippen LogP contribution in [0.4, 0.5) is 0 Å². The van der Waals surface area contributed by atoms with Crippen molar-refractivity contribution in [2.75, 3.05) is 0 Å². The van der Waals surface area contributed by atoms with Gasteiger partial charge in [-0.25, -0.2) is 8.42 Å². The number of aromatic amines is 1. The lowest BCUT2D eigenvalue weighted by molar-refractivity contribution is 0.0948. The molecule has 0 fully saturated rings. The van der Waals surface area contributed by atoms with Crippen molar-refractivity contribution < 1.29 is 13.2 Å². The van der Waals surface area contributed by atoms with Crippen LogP contribution >= 0.6 is 0 Å². The molecule has 1 amide bonds. The minimum absolute atomic E-state index is 0.140. The molecular formula is C18H17N3O3S. The third-order valence-electron chi connectivity index (χ3n) is 3.77. The molecule has 1 atom stereocenters. The first-order chi connectivity index (χ1) is 12.0. The van der Waals surface area contributed by atoms with Crippen LogP contribution in [0.3, 0.4) is 0 Å². The Morgan fingerprint density at radius 3 is 2.52 bits per heavy atom. The number of aryl methyl sites for hydroxylation is 1. The summed E-state index contributed by atoms with van der Waals surface area (Å²) in [7, 11) is -3.84. The van der Waals surface area contributed by atoms with Crippen LogP contribution in [-0.2, 0) is 9.84 Å². The summed E-state index contributed by atoms with van der Waals surface area (Å²) in [6.45, 7) is 1.88. The van der Waals surface area contributed by atoms with E-state index < -0.39 is 21.1 Å². The first kappa shape index (κ1) is 16.9. The van der Waals surface area contributed by atoms with Crippen LogP contribution in [0.1, 0.15) is 26.9 Å². The number of nitrogens with zero attached hydrogens (tertiary/aromatic N) is 1. The Morgan fingerprint density at radius 1 is 1.16 bits per heavy atom. The van der Waals surface area contributed by atoms with Gasteiger partial charge >= 0.3 is 0 Å². The number of H-pyrrole nitrogens is 1. The van der Waals surface area contributed by atoms with Gasteiger partial charge in [-0.15, -0.1) is 0 Å². The number of carbonyl (C=O) groups excluding carboxylic acids is 1. The van der Waals surface area contributed by atoms with E-state index in [1.165, 1.54) is 24.5 Å². The van der Waals surface area contributed by atoms with E-state index in [1.54, 1.807) is 42.7 Å². The van der Waals surface area contributed by atoms with Crippen molar-refractivity contribution in [1.82, 2.24) is 15.3 Å². The van der Waals surface area contributed by atoms with Gasteiger partial charge in [0.15, 0.2) is 5.37 Å². The Morgan fingerprint density at radius 2 is 1.92 bits per heavy atom. The molecule has 2 N–H and O–H groups in total. The third kappa shape index (κ3) is 3.61. The summed E-state index contributed by atoms with van der Waals surface area (Å²) in [4.78, 5) is 19.3. The number of hydrogen-bond acceptors (Lipinski definition) is 4. The lowest BCUT2D eigenvalue weighted by atomic mass is 10.2. The van der Waals surface area contributed by atoms with E-state index in [9.17, 15) is 13.2 Å². The molecule has 3 aromatic rings. The van der Waals surface area contributed by atoms with Crippen molar-refractivity contribution in [1.29, 1.82) is 0 Å². The van der Waals surface area contributed by atoms with Crippen LogP contribution in [0, 0.1) is 6.92 Å². The molecular weight excluding hydrogens is 338 g/mol. The second kappa shape index (κ2) is 6.90. The number of aromatic nitrogens is 2. The van der Waals surface area contributed by atoms with Gasteiger partial charge in [0.2, 0.25) is 9.84 Å². The fraction of sp³-hybridized carbons (Fsp3) is 0.111. The summed E-state index contributed by atoms with van der Waals surface area (Å²) in [5.41, 5.74) is 1.70. The SMILES string of the molecule is Cc1ccc(S(=O)(=O)C(NC(=O)c2cc[nH]c2)c2cccnc2)cc1. The summed E-state index contributed by atoms with van der Waals surface area (Å²) in [5.74, 6) is -0.481. The number of carbonyl (C=O) groups is 1. The standard InChI is InChI=1S/C18H17N3O3S/c1-13-4-6-16(7-5-13)25(23,24)18(15-3-2-9-19-12-15)21-17(22)14-8-10-20-11-14/h2-12,18,20H,1H3,(H,21,22). The average molecular weight is 355 g/mol. The first-order valence-electron chi connectivity index (χ1n) is 7.62. The van der Waals surface area contributed by atoms with E-state index >= 15 is 0 Å². The molecule has 128 valence electrons. The second-order valence-electron chi connectivity index (χ2n) is 5.60. The van der Waals surface area contributed by atoms with Crippen molar-refractivity contribution in [3.63, 3.8) is 0 Å². The number of amides is 1. The van der Waals surface area contributed by atoms with E-state index in [1.807, 2.05) is 6.92 Å². The smallest absolute Gasteiger partial charge is 0.254 e. The van der Waals surface area contributed by atoms with Gasteiger partial charge in [0, 0.05) is 30.4 Å². The number of benzene rings is 1. The van der Waals surface area contributed by atoms with Crippen LogP contribution in [-0.4, -0.2) is 24.3 Å². The molecule has 3 rings (SSSR count). The Hall–Kier alpha value is -2.93. The van der Waals surface area contributed by atoms with E-state index in [0.29, 0.717) is 11.1 Å². The Kier molecular flexibility index (Phi) is 4.67. The highest BCUT2D eigenvalue weighted by Gasteiger charge is 2.31. The molecule has 1 aromatic carbocycles. The topological polar surface area (TPSA) is 91.9 Å². The van der Waals surface area contributed by atoms with Gasteiger partial charge in [0.05, 0.1) is 10.5 Å². The average Bonchev–Trinajstić information content (AvgIpc) is 3.15. The molecule has 2 heterocycles. The molecule has 0 bridgehead atoms. The van der Waals surface area contributed by atoms with Crippen molar-refractivity contribution >= 4 is 15.7 Å². The Labute approximate surface area is 145 Å². The van der Waals surface area contributed by atoms with Crippen molar-refractivity contribution in [2.45, 2.75) is 17.2 Å². The molecule has 0 radical (unpaired) electrons. The molecule has 0 saturated carbocycles. The molecule has 7 heteroatoms. The predicted molar refractivity (Wildman–Crippen MR) is 93.6 cm³/mol. The maximum absolute atomic E-state index is 13.1. The minimum atomic E-state index is -3.84. The summed E-state index contributed by atoms with van der Waals surface area (Å²) < 4.78 is 26.2. The van der Waals surface area contributed by atoms with Gasteiger partial charge in [-0.3, -0.25) is 9.78 Å². The summed E-state index contributed by atoms with van der Waals surface area (Å²) in [6.07, 6.45) is 6.09. The maximum atomic E-state index is 13.1. The molecule has 0 aliphatic carbocycles. The number of nitrogens with one attached hydrogen (secondary N) is 2. The normalized spacial score (nSPS) is 12.5. The van der Waals surface area contributed by atoms with E-state index in [4.69, 9.17) is 0 Å². The van der Waals surface area contributed by atoms with Crippen LogP contribution in [0.25, 0.3) is 0 Å². The van der Waals surface area contributed by atoms with Crippen molar-refractivity contribution in [2.24, 2.45) is 0 Å². The predicted octanol–water partition coefficient (Wildman–Crippen LogP) is 2.62. The van der Waals surface area contributed by atoms with Gasteiger partial charge in [-0.2, -0.15) is 0 Å². The maximum Gasteiger partial charge on any atom is 0.254 e. The zero-order valence-electron chi connectivity index (χ0n) is 13.5. The zero-order valence-corrected chi connectivity index (χ0v) is 14.3. The first-order valence-corrected chi connectivity index (χ1v) is 9.17. The molecule has 0 saturated heterocycles. The number of hydrogen-bond donors (Lipinski definition) is 2.